The van der Waals surface area contributed by atoms with Crippen LogP contribution < -0.4 is 4.74 Å². The number of hydrogen-bond donors (Lipinski definition) is 0. The molecule has 2 aromatic rings. The van der Waals surface area contributed by atoms with Gasteiger partial charge in [0.2, 0.25) is 5.88 Å². The average Bonchev–Trinajstić information content (AvgIpc) is 3.12. The van der Waals surface area contributed by atoms with Gasteiger partial charge >= 0.3 is 0 Å². The summed E-state index contributed by atoms with van der Waals surface area (Å²) in [7, 11) is 1.61. The molecule has 1 fully saturated rings. The van der Waals surface area contributed by atoms with Crippen LogP contribution in [0, 0.1) is 0 Å². The van der Waals surface area contributed by atoms with Gasteiger partial charge in [0.05, 0.1) is 25.2 Å². The van der Waals surface area contributed by atoms with Crippen molar-refractivity contribution in [3.8, 4) is 5.88 Å². The number of carbonyl (C=O) groups excluding carboxylic acids is 1. The lowest BCUT2D eigenvalue weighted by molar-refractivity contribution is -0.0126. The Bertz CT molecular complexity index is 628. The molecule has 3 rings (SSSR count). The summed E-state index contributed by atoms with van der Waals surface area (Å²) < 4.78 is 10.7. The molecular weight excluding hydrogens is 312 g/mol. The predicted molar refractivity (Wildman–Crippen MR) is 89.1 cm³/mol. The van der Waals surface area contributed by atoms with Gasteiger partial charge in [0.15, 0.2) is 5.78 Å². The summed E-state index contributed by atoms with van der Waals surface area (Å²) in [6.07, 6.45) is 2.32. The van der Waals surface area contributed by atoms with Crippen LogP contribution in [0.25, 0.3) is 0 Å². The van der Waals surface area contributed by atoms with E-state index in [0.717, 1.165) is 23.5 Å². The van der Waals surface area contributed by atoms with E-state index in [0.29, 0.717) is 25.5 Å². The van der Waals surface area contributed by atoms with Gasteiger partial charge in [0.1, 0.15) is 0 Å². The zero-order valence-corrected chi connectivity index (χ0v) is 13.9. The quantitative estimate of drug-likeness (QED) is 0.761. The smallest absolute Gasteiger partial charge is 0.212 e. The highest BCUT2D eigenvalue weighted by Crippen LogP contribution is 2.19. The first-order valence-corrected chi connectivity index (χ1v) is 8.51. The third-order valence-electron chi connectivity index (χ3n) is 3.96. The molecule has 1 aliphatic heterocycles. The lowest BCUT2D eigenvalue weighted by atomic mass is 10.1. The van der Waals surface area contributed by atoms with Crippen molar-refractivity contribution in [2.24, 2.45) is 0 Å². The molecule has 1 aliphatic rings. The van der Waals surface area contributed by atoms with Crippen molar-refractivity contribution in [3.63, 3.8) is 0 Å². The number of hydrogen-bond acceptors (Lipinski definition) is 6. The molecule has 1 saturated heterocycles. The van der Waals surface area contributed by atoms with Crippen LogP contribution >= 0.6 is 11.3 Å². The summed E-state index contributed by atoms with van der Waals surface area (Å²) in [5.74, 6) is 0.800. The number of thiophene rings is 1. The van der Waals surface area contributed by atoms with Crippen LogP contribution in [0.3, 0.4) is 0 Å². The molecule has 6 heteroatoms. The summed E-state index contributed by atoms with van der Waals surface area (Å²) in [5.41, 5.74) is 1.11. The fourth-order valence-electron chi connectivity index (χ4n) is 2.70. The minimum Gasteiger partial charge on any atom is -0.481 e. The third-order valence-corrected chi connectivity index (χ3v) is 4.87. The van der Waals surface area contributed by atoms with Crippen LogP contribution in [0.4, 0.5) is 0 Å². The highest BCUT2D eigenvalue weighted by Gasteiger charge is 2.26. The number of methoxy groups -OCH3 is 1. The van der Waals surface area contributed by atoms with Gasteiger partial charge in [-0.15, -0.1) is 11.3 Å². The number of morpholine rings is 1. The van der Waals surface area contributed by atoms with Gasteiger partial charge in [-0.25, -0.2) is 4.98 Å². The lowest BCUT2D eigenvalue weighted by Gasteiger charge is -2.35. The molecule has 0 spiro atoms. The zero-order valence-electron chi connectivity index (χ0n) is 13.1. The van der Waals surface area contributed by atoms with E-state index in [1.54, 1.807) is 7.11 Å². The predicted octanol–water partition coefficient (Wildman–Crippen LogP) is 2.63. The zero-order chi connectivity index (χ0) is 16.1. The topological polar surface area (TPSA) is 51.7 Å². The van der Waals surface area contributed by atoms with Crippen molar-refractivity contribution in [3.05, 3.63) is 46.3 Å². The first-order chi connectivity index (χ1) is 11.3. The fraction of sp³-hybridized carbons (Fsp3) is 0.412. The Morgan fingerprint density at radius 3 is 3.09 bits per heavy atom. The van der Waals surface area contributed by atoms with Crippen molar-refractivity contribution >= 4 is 17.1 Å². The maximum absolute atomic E-state index is 12.4. The van der Waals surface area contributed by atoms with E-state index < -0.39 is 0 Å². The molecule has 0 saturated carbocycles. The minimum atomic E-state index is 0.112. The Kier molecular flexibility index (Phi) is 5.38. The van der Waals surface area contributed by atoms with Crippen LogP contribution in [0.1, 0.15) is 21.7 Å². The van der Waals surface area contributed by atoms with Crippen molar-refractivity contribution in [2.75, 3.05) is 26.9 Å². The van der Waals surface area contributed by atoms with E-state index in [-0.39, 0.29) is 11.8 Å². The van der Waals surface area contributed by atoms with E-state index in [4.69, 9.17) is 9.47 Å². The minimum absolute atomic E-state index is 0.112. The molecular formula is C17H20N2O3S. The van der Waals surface area contributed by atoms with Gasteiger partial charge in [0, 0.05) is 37.8 Å². The Morgan fingerprint density at radius 2 is 2.39 bits per heavy atom. The van der Waals surface area contributed by atoms with Crippen LogP contribution in [0.2, 0.25) is 0 Å². The number of aromatic nitrogens is 1. The van der Waals surface area contributed by atoms with E-state index in [1.165, 1.54) is 11.3 Å². The highest BCUT2D eigenvalue weighted by atomic mass is 32.1. The number of nitrogens with zero attached hydrogens (tertiary/aromatic N) is 2. The van der Waals surface area contributed by atoms with Crippen LogP contribution in [-0.4, -0.2) is 48.6 Å². The van der Waals surface area contributed by atoms with Gasteiger partial charge in [-0.05, 0) is 17.0 Å². The SMILES string of the molecule is COc1ccc(CN2CCOC[C@@H]2CC(=O)c2cccs2)cn1. The first kappa shape index (κ1) is 16.1. The Hall–Kier alpha value is -1.76. The van der Waals surface area contributed by atoms with Gasteiger partial charge < -0.3 is 9.47 Å². The van der Waals surface area contributed by atoms with E-state index >= 15 is 0 Å². The molecule has 0 radical (unpaired) electrons. The summed E-state index contributed by atoms with van der Waals surface area (Å²) in [5, 5.41) is 1.94. The maximum atomic E-state index is 12.4. The number of carbonyl (C=O) groups is 1. The summed E-state index contributed by atoms with van der Waals surface area (Å²) in [6, 6.07) is 7.78. The lowest BCUT2D eigenvalue weighted by Crippen LogP contribution is -2.45. The normalized spacial score (nSPS) is 18.7. The van der Waals surface area contributed by atoms with Crippen molar-refractivity contribution in [2.45, 2.75) is 19.0 Å². The van der Waals surface area contributed by atoms with Gasteiger partial charge in [-0.3, -0.25) is 9.69 Å². The summed E-state index contributed by atoms with van der Waals surface area (Å²) in [4.78, 5) is 19.7. The summed E-state index contributed by atoms with van der Waals surface area (Å²) in [6.45, 7) is 2.89. The molecule has 3 heterocycles. The fourth-order valence-corrected chi connectivity index (χ4v) is 3.37. The van der Waals surface area contributed by atoms with Crippen LogP contribution in [-0.2, 0) is 11.3 Å². The summed E-state index contributed by atoms with van der Waals surface area (Å²) >= 11 is 1.50. The van der Waals surface area contributed by atoms with Crippen molar-refractivity contribution in [1.29, 1.82) is 0 Å². The molecule has 5 nitrogen and oxygen atoms in total. The molecule has 0 aromatic carbocycles. The second-order valence-electron chi connectivity index (χ2n) is 5.51. The number of pyridine rings is 1. The van der Waals surface area contributed by atoms with E-state index in [1.807, 2.05) is 35.8 Å². The molecule has 2 aromatic heterocycles. The first-order valence-electron chi connectivity index (χ1n) is 7.63. The van der Waals surface area contributed by atoms with E-state index in [9.17, 15) is 4.79 Å². The van der Waals surface area contributed by atoms with E-state index in [2.05, 4.69) is 9.88 Å². The largest absolute Gasteiger partial charge is 0.481 e. The van der Waals surface area contributed by atoms with Crippen molar-refractivity contribution < 1.29 is 14.3 Å². The molecule has 122 valence electrons. The monoisotopic (exact) mass is 332 g/mol. The Morgan fingerprint density at radius 1 is 1.48 bits per heavy atom. The second-order valence-corrected chi connectivity index (χ2v) is 6.46. The number of Topliss-reactive ketones (excluding diaryl/α,β-unsaturated/α-hetero) is 1. The number of ether oxygens (including phenoxy) is 2. The average molecular weight is 332 g/mol. The highest BCUT2D eigenvalue weighted by molar-refractivity contribution is 7.12. The molecule has 0 unspecified atom stereocenters. The molecule has 0 amide bonds. The van der Waals surface area contributed by atoms with Crippen molar-refractivity contribution in [1.82, 2.24) is 9.88 Å². The number of ketones is 1. The molecule has 23 heavy (non-hydrogen) atoms. The maximum Gasteiger partial charge on any atom is 0.212 e. The van der Waals surface area contributed by atoms with Crippen LogP contribution in [0.15, 0.2) is 35.8 Å². The van der Waals surface area contributed by atoms with Gasteiger partial charge in [0.25, 0.3) is 0 Å². The molecule has 0 bridgehead atoms. The molecule has 0 aliphatic carbocycles. The second kappa shape index (κ2) is 7.68. The van der Waals surface area contributed by atoms with Crippen LogP contribution in [0.5, 0.6) is 5.88 Å². The Balaban J connectivity index is 1.64. The molecule has 0 N–H and O–H groups in total. The number of rotatable bonds is 6. The third kappa shape index (κ3) is 4.16. The van der Waals surface area contributed by atoms with Gasteiger partial charge in [-0.1, -0.05) is 12.1 Å². The standard InChI is InChI=1S/C17H20N2O3S/c1-21-17-5-4-13(10-18-17)11-19-6-7-22-12-14(19)9-15(20)16-3-2-8-23-16/h2-5,8,10,14H,6-7,9,11-12H2,1H3/t14-/m0/s1. The van der Waals surface area contributed by atoms with Gasteiger partial charge in [-0.2, -0.15) is 0 Å². The molecule has 1 atom stereocenters. The Labute approximate surface area is 139 Å².